The van der Waals surface area contributed by atoms with Crippen LogP contribution in [0.1, 0.15) is 40.5 Å². The van der Waals surface area contributed by atoms with Crippen molar-refractivity contribution in [2.24, 2.45) is 17.6 Å². The van der Waals surface area contributed by atoms with Crippen LogP contribution in [0.3, 0.4) is 0 Å². The van der Waals surface area contributed by atoms with Crippen LogP contribution in [-0.4, -0.2) is 30.6 Å². The van der Waals surface area contributed by atoms with Gasteiger partial charge in [0.25, 0.3) is 0 Å². The Bertz CT molecular complexity index is 325. The molecule has 0 bridgehead atoms. The minimum Gasteiger partial charge on any atom is -0.428 e. The number of carbonyl (C=O) groups is 3. The highest BCUT2D eigenvalue weighted by molar-refractivity contribution is 5.81. The molecule has 0 amide bonds. The Balaban J connectivity index is 3.86. The summed E-state index contributed by atoms with van der Waals surface area (Å²) in [6, 6.07) is -0.566. The lowest BCUT2D eigenvalue weighted by Gasteiger charge is -2.12. The van der Waals surface area contributed by atoms with Crippen molar-refractivity contribution in [1.82, 2.24) is 0 Å². The van der Waals surface area contributed by atoms with Gasteiger partial charge in [-0.25, -0.2) is 0 Å². The molecule has 1 unspecified atom stereocenters. The molecule has 6 nitrogen and oxygen atoms in total. The average molecular weight is 273 g/mol. The standard InChI is InChI=1S/C13H23NO5/c1-8(2)11(15)5-10(14)6-12(16)18-7-19-13(17)9(3)4/h8-10H,5-7,14H2,1-4H3. The van der Waals surface area contributed by atoms with Gasteiger partial charge in [0.1, 0.15) is 5.78 Å². The number of ketones is 1. The first-order chi connectivity index (χ1) is 8.73. The van der Waals surface area contributed by atoms with Gasteiger partial charge in [0, 0.05) is 18.4 Å². The topological polar surface area (TPSA) is 95.7 Å². The molecule has 0 fully saturated rings. The van der Waals surface area contributed by atoms with Crippen molar-refractivity contribution in [1.29, 1.82) is 0 Å². The fourth-order valence-corrected chi connectivity index (χ4v) is 1.16. The second-order valence-electron chi connectivity index (χ2n) is 5.04. The zero-order chi connectivity index (χ0) is 15.0. The van der Waals surface area contributed by atoms with Crippen molar-refractivity contribution in [3.63, 3.8) is 0 Å². The lowest BCUT2D eigenvalue weighted by molar-refractivity contribution is -0.169. The minimum absolute atomic E-state index is 0.00605. The maximum absolute atomic E-state index is 11.4. The maximum atomic E-state index is 11.4. The highest BCUT2D eigenvalue weighted by Gasteiger charge is 2.17. The quantitative estimate of drug-likeness (QED) is 0.524. The summed E-state index contributed by atoms with van der Waals surface area (Å²) in [6.07, 6.45) is 0.0657. The largest absolute Gasteiger partial charge is 0.428 e. The third-order valence-corrected chi connectivity index (χ3v) is 2.43. The van der Waals surface area contributed by atoms with Crippen LogP contribution in [0.2, 0.25) is 0 Å². The summed E-state index contributed by atoms with van der Waals surface area (Å²) in [7, 11) is 0. The summed E-state index contributed by atoms with van der Waals surface area (Å²) in [5.74, 6) is -1.39. The average Bonchev–Trinajstić information content (AvgIpc) is 2.27. The number of rotatable bonds is 8. The Hall–Kier alpha value is -1.43. The zero-order valence-corrected chi connectivity index (χ0v) is 12.0. The number of esters is 2. The lowest BCUT2D eigenvalue weighted by atomic mass is 10.0. The smallest absolute Gasteiger partial charge is 0.311 e. The van der Waals surface area contributed by atoms with Crippen LogP contribution in [0.4, 0.5) is 0 Å². The lowest BCUT2D eigenvalue weighted by Crippen LogP contribution is -2.29. The van der Waals surface area contributed by atoms with Crippen LogP contribution in [0, 0.1) is 11.8 Å². The highest BCUT2D eigenvalue weighted by Crippen LogP contribution is 2.05. The number of nitrogens with two attached hydrogens (primary N) is 1. The van der Waals surface area contributed by atoms with Crippen molar-refractivity contribution >= 4 is 17.7 Å². The summed E-state index contributed by atoms with van der Waals surface area (Å²) in [5, 5.41) is 0. The van der Waals surface area contributed by atoms with Crippen molar-refractivity contribution in [3.8, 4) is 0 Å². The summed E-state index contributed by atoms with van der Waals surface area (Å²) >= 11 is 0. The van der Waals surface area contributed by atoms with E-state index in [1.807, 2.05) is 0 Å². The first-order valence-corrected chi connectivity index (χ1v) is 6.34. The van der Waals surface area contributed by atoms with Crippen LogP contribution in [0.5, 0.6) is 0 Å². The van der Waals surface area contributed by atoms with Gasteiger partial charge >= 0.3 is 11.9 Å². The van der Waals surface area contributed by atoms with Crippen LogP contribution in [-0.2, 0) is 23.9 Å². The van der Waals surface area contributed by atoms with Crippen molar-refractivity contribution in [2.45, 2.75) is 46.6 Å². The Morgan fingerprint density at radius 3 is 2.00 bits per heavy atom. The van der Waals surface area contributed by atoms with Gasteiger partial charge in [-0.3, -0.25) is 14.4 Å². The summed E-state index contributed by atoms with van der Waals surface area (Å²) in [6.45, 7) is 6.49. The van der Waals surface area contributed by atoms with Crippen LogP contribution < -0.4 is 5.73 Å². The molecule has 0 heterocycles. The zero-order valence-electron chi connectivity index (χ0n) is 12.0. The number of hydrogen-bond acceptors (Lipinski definition) is 6. The Morgan fingerprint density at radius 1 is 0.947 bits per heavy atom. The van der Waals surface area contributed by atoms with Crippen molar-refractivity contribution in [2.75, 3.05) is 6.79 Å². The second-order valence-corrected chi connectivity index (χ2v) is 5.04. The monoisotopic (exact) mass is 273 g/mol. The van der Waals surface area contributed by atoms with E-state index in [2.05, 4.69) is 4.74 Å². The molecule has 0 saturated carbocycles. The molecule has 0 rings (SSSR count). The summed E-state index contributed by atoms with van der Waals surface area (Å²) < 4.78 is 9.39. The van der Waals surface area contributed by atoms with Gasteiger partial charge in [-0.2, -0.15) is 0 Å². The molecule has 0 saturated heterocycles. The van der Waals surface area contributed by atoms with E-state index in [4.69, 9.17) is 10.5 Å². The molecule has 19 heavy (non-hydrogen) atoms. The summed E-state index contributed by atoms with van der Waals surface area (Å²) in [4.78, 5) is 33.8. The van der Waals surface area contributed by atoms with E-state index in [-0.39, 0.29) is 30.5 Å². The van der Waals surface area contributed by atoms with Gasteiger partial charge in [-0.05, 0) is 0 Å². The minimum atomic E-state index is -0.583. The van der Waals surface area contributed by atoms with Gasteiger partial charge in [0.05, 0.1) is 12.3 Å². The first kappa shape index (κ1) is 17.6. The SMILES string of the molecule is CC(C)C(=O)CC(N)CC(=O)OCOC(=O)C(C)C. The Morgan fingerprint density at radius 2 is 1.53 bits per heavy atom. The second kappa shape index (κ2) is 8.63. The molecule has 0 aromatic heterocycles. The molecule has 0 spiro atoms. The molecule has 110 valence electrons. The molecule has 1 atom stereocenters. The molecule has 0 aromatic rings. The maximum Gasteiger partial charge on any atom is 0.311 e. The van der Waals surface area contributed by atoms with E-state index in [0.29, 0.717) is 0 Å². The number of ether oxygens (including phenoxy) is 2. The Kier molecular flexibility index (Phi) is 7.98. The molecule has 0 radical (unpaired) electrons. The van der Waals surface area contributed by atoms with E-state index < -0.39 is 24.8 Å². The normalized spacial score (nSPS) is 12.4. The number of carbonyl (C=O) groups excluding carboxylic acids is 3. The van der Waals surface area contributed by atoms with E-state index >= 15 is 0 Å². The fourth-order valence-electron chi connectivity index (χ4n) is 1.16. The molecular formula is C13H23NO5. The van der Waals surface area contributed by atoms with Gasteiger partial charge in [-0.15, -0.1) is 0 Å². The molecular weight excluding hydrogens is 250 g/mol. The summed E-state index contributed by atoms with van der Waals surface area (Å²) in [5.41, 5.74) is 5.66. The number of Topliss-reactive ketones (excluding diaryl/α,β-unsaturated/α-hetero) is 1. The predicted octanol–water partition coefficient (Wildman–Crippen LogP) is 1.02. The van der Waals surface area contributed by atoms with Crippen molar-refractivity contribution < 1.29 is 23.9 Å². The molecule has 0 aliphatic rings. The molecule has 0 aliphatic carbocycles. The van der Waals surface area contributed by atoms with Gasteiger partial charge in [0.2, 0.25) is 6.79 Å². The van der Waals surface area contributed by atoms with E-state index in [1.165, 1.54) is 0 Å². The fraction of sp³-hybridized carbons (Fsp3) is 0.769. The molecule has 0 aliphatic heterocycles. The predicted molar refractivity (Wildman–Crippen MR) is 68.9 cm³/mol. The van der Waals surface area contributed by atoms with E-state index in [9.17, 15) is 14.4 Å². The molecule has 2 N–H and O–H groups in total. The Labute approximate surface area is 113 Å². The van der Waals surface area contributed by atoms with Crippen molar-refractivity contribution in [3.05, 3.63) is 0 Å². The van der Waals surface area contributed by atoms with E-state index in [0.717, 1.165) is 0 Å². The third-order valence-electron chi connectivity index (χ3n) is 2.43. The number of hydrogen-bond donors (Lipinski definition) is 1. The third kappa shape index (κ3) is 8.31. The first-order valence-electron chi connectivity index (χ1n) is 6.34. The van der Waals surface area contributed by atoms with Gasteiger partial charge in [-0.1, -0.05) is 27.7 Å². The van der Waals surface area contributed by atoms with Crippen LogP contribution in [0.15, 0.2) is 0 Å². The highest BCUT2D eigenvalue weighted by atomic mass is 16.7. The van der Waals surface area contributed by atoms with Gasteiger partial charge < -0.3 is 15.2 Å². The van der Waals surface area contributed by atoms with Gasteiger partial charge in [0.15, 0.2) is 0 Å². The molecule has 0 aromatic carbocycles. The van der Waals surface area contributed by atoms with Crippen LogP contribution >= 0.6 is 0 Å². The molecule has 6 heteroatoms. The van der Waals surface area contributed by atoms with Crippen LogP contribution in [0.25, 0.3) is 0 Å². The van der Waals surface area contributed by atoms with E-state index in [1.54, 1.807) is 27.7 Å².